The van der Waals surface area contributed by atoms with Crippen LogP contribution >= 0.6 is 0 Å². The second-order valence-electron chi connectivity index (χ2n) is 6.22. The molecule has 1 atom stereocenters. The van der Waals surface area contributed by atoms with Gasteiger partial charge in [-0.3, -0.25) is 4.79 Å². The van der Waals surface area contributed by atoms with E-state index in [1.54, 1.807) is 11.0 Å². The van der Waals surface area contributed by atoms with E-state index in [2.05, 4.69) is 4.74 Å². The molecule has 142 valence electrons. The summed E-state index contributed by atoms with van der Waals surface area (Å²) in [4.78, 5) is 14.1. The molecule has 26 heavy (non-hydrogen) atoms. The SMILES string of the molecule is O=C(/C=C/c1ccccc1OC(F)(F)F)N1CCCC(C2OCCO2)C1. The number of halogens is 3. The van der Waals surface area contributed by atoms with Gasteiger partial charge >= 0.3 is 6.36 Å². The lowest BCUT2D eigenvalue weighted by atomic mass is 9.97. The number of alkyl halides is 3. The van der Waals surface area contributed by atoms with Gasteiger partial charge in [0.1, 0.15) is 5.75 Å². The summed E-state index contributed by atoms with van der Waals surface area (Å²) >= 11 is 0. The fraction of sp³-hybridized carbons (Fsp3) is 0.500. The summed E-state index contributed by atoms with van der Waals surface area (Å²) in [7, 11) is 0. The van der Waals surface area contributed by atoms with Crippen LogP contribution in [0.4, 0.5) is 13.2 Å². The lowest BCUT2D eigenvalue weighted by Gasteiger charge is -2.34. The number of ether oxygens (including phenoxy) is 3. The van der Waals surface area contributed by atoms with Gasteiger partial charge in [0.2, 0.25) is 5.91 Å². The molecule has 1 aromatic rings. The smallest absolute Gasteiger partial charge is 0.405 e. The van der Waals surface area contributed by atoms with Crippen molar-refractivity contribution in [3.63, 3.8) is 0 Å². The molecule has 1 unspecified atom stereocenters. The summed E-state index contributed by atoms with van der Waals surface area (Å²) < 4.78 is 52.4. The van der Waals surface area contributed by atoms with Gasteiger partial charge in [0.05, 0.1) is 13.2 Å². The zero-order chi connectivity index (χ0) is 18.6. The number of carbonyl (C=O) groups excluding carboxylic acids is 1. The molecule has 5 nitrogen and oxygen atoms in total. The minimum Gasteiger partial charge on any atom is -0.405 e. The van der Waals surface area contributed by atoms with E-state index in [1.807, 2.05) is 0 Å². The molecule has 0 saturated carbocycles. The van der Waals surface area contributed by atoms with Gasteiger partial charge in [-0.2, -0.15) is 0 Å². The van der Waals surface area contributed by atoms with Gasteiger partial charge in [0.25, 0.3) is 0 Å². The quantitative estimate of drug-likeness (QED) is 0.763. The number of hydrogen-bond acceptors (Lipinski definition) is 4. The van der Waals surface area contributed by atoms with E-state index < -0.39 is 6.36 Å². The van der Waals surface area contributed by atoms with Gasteiger partial charge in [-0.1, -0.05) is 18.2 Å². The van der Waals surface area contributed by atoms with Crippen LogP contribution in [0.5, 0.6) is 5.75 Å². The van der Waals surface area contributed by atoms with Gasteiger partial charge in [0, 0.05) is 30.6 Å². The number of amides is 1. The van der Waals surface area contributed by atoms with Gasteiger partial charge in [-0.15, -0.1) is 13.2 Å². The lowest BCUT2D eigenvalue weighted by molar-refractivity contribution is -0.274. The Kier molecular flexibility index (Phi) is 5.83. The number of carbonyl (C=O) groups is 1. The Balaban J connectivity index is 1.64. The normalized spacial score (nSPS) is 22.1. The third-order valence-electron chi connectivity index (χ3n) is 4.35. The average molecular weight is 371 g/mol. The Morgan fingerprint density at radius 3 is 2.69 bits per heavy atom. The Morgan fingerprint density at radius 1 is 1.23 bits per heavy atom. The fourth-order valence-corrected chi connectivity index (χ4v) is 3.18. The molecular formula is C18H20F3NO4. The minimum absolute atomic E-state index is 0.115. The zero-order valence-corrected chi connectivity index (χ0v) is 14.1. The largest absolute Gasteiger partial charge is 0.573 e. The van der Waals surface area contributed by atoms with E-state index in [0.29, 0.717) is 26.3 Å². The van der Waals surface area contributed by atoms with Crippen LogP contribution in [0.3, 0.4) is 0 Å². The predicted molar refractivity (Wildman–Crippen MR) is 87.2 cm³/mol. The van der Waals surface area contributed by atoms with Crippen molar-refractivity contribution in [2.45, 2.75) is 25.5 Å². The van der Waals surface area contributed by atoms with Crippen LogP contribution in [0, 0.1) is 5.92 Å². The third kappa shape index (κ3) is 4.98. The van der Waals surface area contributed by atoms with Crippen molar-refractivity contribution in [1.82, 2.24) is 4.90 Å². The molecule has 2 aliphatic heterocycles. The maximum absolute atomic E-state index is 12.5. The van der Waals surface area contributed by atoms with Crippen LogP contribution < -0.4 is 4.74 Å². The highest BCUT2D eigenvalue weighted by Gasteiger charge is 2.33. The summed E-state index contributed by atoms with van der Waals surface area (Å²) in [5.74, 6) is -0.479. The summed E-state index contributed by atoms with van der Waals surface area (Å²) in [6.45, 7) is 2.23. The maximum Gasteiger partial charge on any atom is 0.573 e. The molecule has 0 radical (unpaired) electrons. The number of piperidine rings is 1. The van der Waals surface area contributed by atoms with E-state index in [1.165, 1.54) is 30.4 Å². The zero-order valence-electron chi connectivity index (χ0n) is 14.1. The number of likely N-dealkylation sites (tertiary alicyclic amines) is 1. The van der Waals surface area contributed by atoms with Crippen LogP contribution in [0.15, 0.2) is 30.3 Å². The van der Waals surface area contributed by atoms with E-state index in [9.17, 15) is 18.0 Å². The van der Waals surface area contributed by atoms with E-state index in [0.717, 1.165) is 12.8 Å². The molecule has 0 aromatic heterocycles. The van der Waals surface area contributed by atoms with Crippen LogP contribution in [-0.4, -0.2) is 49.8 Å². The Bertz CT molecular complexity index is 656. The summed E-state index contributed by atoms with van der Waals surface area (Å²) in [6.07, 6.45) is -0.695. The highest BCUT2D eigenvalue weighted by atomic mass is 19.4. The molecule has 3 rings (SSSR count). The van der Waals surface area contributed by atoms with Crippen LogP contribution in [0.1, 0.15) is 18.4 Å². The molecule has 0 spiro atoms. The molecule has 2 fully saturated rings. The summed E-state index contributed by atoms with van der Waals surface area (Å²) in [5, 5.41) is 0. The minimum atomic E-state index is -4.78. The molecule has 2 saturated heterocycles. The van der Waals surface area contributed by atoms with E-state index in [-0.39, 0.29) is 29.4 Å². The molecule has 0 N–H and O–H groups in total. The van der Waals surface area contributed by atoms with Crippen LogP contribution in [0.25, 0.3) is 6.08 Å². The predicted octanol–water partition coefficient (Wildman–Crippen LogP) is 3.21. The van der Waals surface area contributed by atoms with Crippen molar-refractivity contribution < 1.29 is 32.2 Å². The first-order chi connectivity index (χ1) is 12.4. The highest BCUT2D eigenvalue weighted by Crippen LogP contribution is 2.28. The fourth-order valence-electron chi connectivity index (χ4n) is 3.18. The maximum atomic E-state index is 12.5. The van der Waals surface area contributed by atoms with Crippen LogP contribution in [-0.2, 0) is 14.3 Å². The number of benzene rings is 1. The molecule has 0 bridgehead atoms. The second-order valence-corrected chi connectivity index (χ2v) is 6.22. The number of para-hydroxylation sites is 1. The molecule has 2 heterocycles. The third-order valence-corrected chi connectivity index (χ3v) is 4.35. The van der Waals surface area contributed by atoms with Crippen LogP contribution in [0.2, 0.25) is 0 Å². The second kappa shape index (κ2) is 8.09. The highest BCUT2D eigenvalue weighted by molar-refractivity contribution is 5.92. The van der Waals surface area contributed by atoms with Crippen molar-refractivity contribution >= 4 is 12.0 Å². The number of nitrogens with zero attached hydrogens (tertiary/aromatic N) is 1. The number of hydrogen-bond donors (Lipinski definition) is 0. The Hall–Kier alpha value is -2.06. The van der Waals surface area contributed by atoms with E-state index >= 15 is 0 Å². The van der Waals surface area contributed by atoms with Crippen molar-refractivity contribution in [3.8, 4) is 5.75 Å². The average Bonchev–Trinajstić information content (AvgIpc) is 3.14. The van der Waals surface area contributed by atoms with Gasteiger partial charge in [-0.05, 0) is 25.0 Å². The first-order valence-corrected chi connectivity index (χ1v) is 8.47. The number of rotatable bonds is 4. The Labute approximate surface area is 149 Å². The van der Waals surface area contributed by atoms with Gasteiger partial charge in [0.15, 0.2) is 6.29 Å². The topological polar surface area (TPSA) is 48.0 Å². The molecule has 1 aromatic carbocycles. The molecule has 1 amide bonds. The summed E-state index contributed by atoms with van der Waals surface area (Å²) in [6, 6.07) is 5.70. The van der Waals surface area contributed by atoms with Crippen molar-refractivity contribution in [3.05, 3.63) is 35.9 Å². The monoisotopic (exact) mass is 371 g/mol. The van der Waals surface area contributed by atoms with Crippen molar-refractivity contribution in [2.24, 2.45) is 5.92 Å². The van der Waals surface area contributed by atoms with Gasteiger partial charge < -0.3 is 19.1 Å². The molecule has 8 heteroatoms. The van der Waals surface area contributed by atoms with Crippen molar-refractivity contribution in [2.75, 3.05) is 26.3 Å². The molecular weight excluding hydrogens is 351 g/mol. The molecule has 0 aliphatic carbocycles. The lowest BCUT2D eigenvalue weighted by Crippen LogP contribution is -2.43. The van der Waals surface area contributed by atoms with E-state index in [4.69, 9.17) is 9.47 Å². The standard InChI is InChI=1S/C18H20F3NO4/c19-18(20,21)26-15-6-2-1-4-13(15)7-8-16(23)22-9-3-5-14(12-22)17-24-10-11-25-17/h1-2,4,6-8,14,17H,3,5,9-12H2/b8-7+. The Morgan fingerprint density at radius 2 is 1.96 bits per heavy atom. The van der Waals surface area contributed by atoms with Gasteiger partial charge in [-0.25, -0.2) is 0 Å². The first kappa shape index (κ1) is 18.7. The summed E-state index contributed by atoms with van der Waals surface area (Å²) in [5.41, 5.74) is 0.189. The first-order valence-electron chi connectivity index (χ1n) is 8.47. The molecule has 2 aliphatic rings. The van der Waals surface area contributed by atoms with Crippen molar-refractivity contribution in [1.29, 1.82) is 0 Å².